The summed E-state index contributed by atoms with van der Waals surface area (Å²) in [5, 5.41) is 11.7. The SMILES string of the molecule is CC(NC(=O)C(C)C(C)C(=O)O)c1ccccc1Br. The lowest BCUT2D eigenvalue weighted by Crippen LogP contribution is -2.36. The van der Waals surface area contributed by atoms with Gasteiger partial charge in [-0.15, -0.1) is 0 Å². The van der Waals surface area contributed by atoms with Gasteiger partial charge in [0, 0.05) is 10.4 Å². The van der Waals surface area contributed by atoms with Gasteiger partial charge in [-0.3, -0.25) is 9.59 Å². The molecule has 0 bridgehead atoms. The van der Waals surface area contributed by atoms with Crippen LogP contribution in [0.5, 0.6) is 0 Å². The lowest BCUT2D eigenvalue weighted by Gasteiger charge is -2.20. The first-order valence-corrected chi connectivity index (χ1v) is 6.91. The number of carboxylic acid groups (broad SMARTS) is 1. The quantitative estimate of drug-likeness (QED) is 0.873. The first-order chi connectivity index (χ1) is 8.84. The monoisotopic (exact) mass is 327 g/mol. The molecule has 4 nitrogen and oxygen atoms in total. The number of aliphatic carboxylic acids is 1. The zero-order valence-corrected chi connectivity index (χ0v) is 12.8. The van der Waals surface area contributed by atoms with Gasteiger partial charge in [-0.05, 0) is 18.6 Å². The van der Waals surface area contributed by atoms with E-state index in [-0.39, 0.29) is 11.9 Å². The highest BCUT2D eigenvalue weighted by atomic mass is 79.9. The van der Waals surface area contributed by atoms with Crippen molar-refractivity contribution < 1.29 is 14.7 Å². The summed E-state index contributed by atoms with van der Waals surface area (Å²) in [5.41, 5.74) is 0.964. The topological polar surface area (TPSA) is 66.4 Å². The van der Waals surface area contributed by atoms with E-state index in [9.17, 15) is 9.59 Å². The molecule has 1 rings (SSSR count). The van der Waals surface area contributed by atoms with E-state index in [4.69, 9.17) is 5.11 Å². The predicted octanol–water partition coefficient (Wildman–Crippen LogP) is 2.98. The van der Waals surface area contributed by atoms with Crippen LogP contribution in [0.2, 0.25) is 0 Å². The Labute approximate surface area is 121 Å². The minimum absolute atomic E-state index is 0.175. The van der Waals surface area contributed by atoms with Crippen molar-refractivity contribution in [2.45, 2.75) is 26.8 Å². The van der Waals surface area contributed by atoms with Gasteiger partial charge in [-0.2, -0.15) is 0 Å². The molecule has 1 aromatic rings. The number of carbonyl (C=O) groups excluding carboxylic acids is 1. The Hall–Kier alpha value is -1.36. The summed E-state index contributed by atoms with van der Waals surface area (Å²) in [5.74, 6) is -2.48. The van der Waals surface area contributed by atoms with E-state index in [0.717, 1.165) is 10.0 Å². The second-order valence-electron chi connectivity index (χ2n) is 4.67. The molecule has 0 aliphatic rings. The van der Waals surface area contributed by atoms with Crippen LogP contribution in [-0.2, 0) is 9.59 Å². The maximum atomic E-state index is 12.0. The van der Waals surface area contributed by atoms with E-state index in [1.54, 1.807) is 6.92 Å². The Morgan fingerprint density at radius 2 is 1.74 bits per heavy atom. The predicted molar refractivity (Wildman–Crippen MR) is 76.7 cm³/mol. The van der Waals surface area contributed by atoms with Crippen LogP contribution in [0.1, 0.15) is 32.4 Å². The molecule has 3 unspecified atom stereocenters. The van der Waals surface area contributed by atoms with Crippen LogP contribution in [0.3, 0.4) is 0 Å². The molecule has 3 atom stereocenters. The van der Waals surface area contributed by atoms with Crippen molar-refractivity contribution in [3.8, 4) is 0 Å². The van der Waals surface area contributed by atoms with Gasteiger partial charge < -0.3 is 10.4 Å². The van der Waals surface area contributed by atoms with E-state index in [1.165, 1.54) is 6.92 Å². The Kier molecular flexibility index (Phi) is 5.54. The average molecular weight is 328 g/mol. The van der Waals surface area contributed by atoms with Crippen LogP contribution in [0.15, 0.2) is 28.7 Å². The summed E-state index contributed by atoms with van der Waals surface area (Å²) in [6, 6.07) is 7.44. The van der Waals surface area contributed by atoms with Gasteiger partial charge in [-0.25, -0.2) is 0 Å². The number of amides is 1. The van der Waals surface area contributed by atoms with Crippen LogP contribution in [-0.4, -0.2) is 17.0 Å². The summed E-state index contributed by atoms with van der Waals surface area (Å²) in [7, 11) is 0. The lowest BCUT2D eigenvalue weighted by atomic mass is 9.94. The molecule has 0 radical (unpaired) electrons. The number of halogens is 1. The highest BCUT2D eigenvalue weighted by Crippen LogP contribution is 2.23. The Morgan fingerprint density at radius 1 is 1.16 bits per heavy atom. The highest BCUT2D eigenvalue weighted by Gasteiger charge is 2.26. The molecule has 0 aliphatic heterocycles. The smallest absolute Gasteiger partial charge is 0.307 e. The number of benzene rings is 1. The van der Waals surface area contributed by atoms with Crippen molar-refractivity contribution >= 4 is 27.8 Å². The van der Waals surface area contributed by atoms with Crippen molar-refractivity contribution in [3.63, 3.8) is 0 Å². The molecule has 0 aromatic heterocycles. The summed E-state index contributed by atoms with van der Waals surface area (Å²) < 4.78 is 0.918. The molecule has 19 heavy (non-hydrogen) atoms. The number of rotatable bonds is 5. The standard InChI is InChI=1S/C14H18BrNO3/c1-8(9(2)14(18)19)13(17)16-10(3)11-6-4-5-7-12(11)15/h4-10H,1-3H3,(H,16,17)(H,18,19). The molecule has 0 saturated carbocycles. The molecule has 104 valence electrons. The van der Waals surface area contributed by atoms with Crippen LogP contribution >= 0.6 is 15.9 Å². The lowest BCUT2D eigenvalue weighted by molar-refractivity contribution is -0.146. The number of nitrogens with one attached hydrogen (secondary N) is 1. The Bertz CT molecular complexity index is 476. The third-order valence-electron chi connectivity index (χ3n) is 3.28. The van der Waals surface area contributed by atoms with E-state index in [1.807, 2.05) is 31.2 Å². The second-order valence-corrected chi connectivity index (χ2v) is 5.52. The number of hydrogen-bond acceptors (Lipinski definition) is 2. The molecule has 1 aromatic carbocycles. The summed E-state index contributed by atoms with van der Waals surface area (Å²) in [4.78, 5) is 22.9. The third kappa shape index (κ3) is 4.06. The fourth-order valence-corrected chi connectivity index (χ4v) is 2.32. The molecule has 0 heterocycles. The average Bonchev–Trinajstić information content (AvgIpc) is 2.37. The zero-order chi connectivity index (χ0) is 14.6. The minimum Gasteiger partial charge on any atom is -0.481 e. The molecule has 0 aliphatic carbocycles. The first-order valence-electron chi connectivity index (χ1n) is 6.12. The highest BCUT2D eigenvalue weighted by molar-refractivity contribution is 9.10. The van der Waals surface area contributed by atoms with Gasteiger partial charge in [-0.1, -0.05) is 48.0 Å². The summed E-state index contributed by atoms with van der Waals surface area (Å²) in [6.45, 7) is 5.03. The van der Waals surface area contributed by atoms with Crippen molar-refractivity contribution in [1.29, 1.82) is 0 Å². The van der Waals surface area contributed by atoms with Crippen LogP contribution < -0.4 is 5.32 Å². The molecule has 0 spiro atoms. The minimum atomic E-state index is -0.962. The van der Waals surface area contributed by atoms with Crippen molar-refractivity contribution in [2.24, 2.45) is 11.8 Å². The normalized spacial score (nSPS) is 15.4. The van der Waals surface area contributed by atoms with Crippen LogP contribution in [0.25, 0.3) is 0 Å². The zero-order valence-electron chi connectivity index (χ0n) is 11.2. The van der Waals surface area contributed by atoms with E-state index >= 15 is 0 Å². The Balaban J connectivity index is 2.72. The molecule has 0 fully saturated rings. The Morgan fingerprint density at radius 3 is 2.26 bits per heavy atom. The molecule has 0 saturated heterocycles. The molecule has 1 amide bonds. The summed E-state index contributed by atoms with van der Waals surface area (Å²) in [6.07, 6.45) is 0. The number of carboxylic acids is 1. The first kappa shape index (κ1) is 15.7. The van der Waals surface area contributed by atoms with E-state index < -0.39 is 17.8 Å². The molecule has 2 N–H and O–H groups in total. The van der Waals surface area contributed by atoms with Crippen LogP contribution in [0, 0.1) is 11.8 Å². The van der Waals surface area contributed by atoms with Gasteiger partial charge in [0.25, 0.3) is 0 Å². The van der Waals surface area contributed by atoms with Gasteiger partial charge in [0.1, 0.15) is 0 Å². The van der Waals surface area contributed by atoms with Crippen LogP contribution in [0.4, 0.5) is 0 Å². The van der Waals surface area contributed by atoms with Gasteiger partial charge >= 0.3 is 5.97 Å². The summed E-state index contributed by atoms with van der Waals surface area (Å²) >= 11 is 3.43. The second kappa shape index (κ2) is 6.70. The van der Waals surface area contributed by atoms with Gasteiger partial charge in [0.2, 0.25) is 5.91 Å². The molecular weight excluding hydrogens is 310 g/mol. The third-order valence-corrected chi connectivity index (χ3v) is 4.01. The van der Waals surface area contributed by atoms with E-state index in [0.29, 0.717) is 0 Å². The van der Waals surface area contributed by atoms with Gasteiger partial charge in [0.15, 0.2) is 0 Å². The largest absolute Gasteiger partial charge is 0.481 e. The fourth-order valence-electron chi connectivity index (χ4n) is 1.69. The maximum absolute atomic E-state index is 12.0. The van der Waals surface area contributed by atoms with E-state index in [2.05, 4.69) is 21.2 Å². The van der Waals surface area contributed by atoms with Gasteiger partial charge in [0.05, 0.1) is 12.0 Å². The van der Waals surface area contributed by atoms with Crippen molar-refractivity contribution in [3.05, 3.63) is 34.3 Å². The molecule has 5 heteroatoms. The number of hydrogen-bond donors (Lipinski definition) is 2. The maximum Gasteiger partial charge on any atom is 0.307 e. The van der Waals surface area contributed by atoms with Crippen molar-refractivity contribution in [2.75, 3.05) is 0 Å². The number of carbonyl (C=O) groups is 2. The fraction of sp³-hybridized carbons (Fsp3) is 0.429. The molecular formula is C14H18BrNO3. The van der Waals surface area contributed by atoms with Crippen molar-refractivity contribution in [1.82, 2.24) is 5.32 Å².